The lowest BCUT2D eigenvalue weighted by atomic mass is 9.84. The zero-order valence-electron chi connectivity index (χ0n) is 17.8. The number of halogens is 1. The first-order valence-corrected chi connectivity index (χ1v) is 10.9. The molecule has 0 bridgehead atoms. The monoisotopic (exact) mass is 439 g/mol. The summed E-state index contributed by atoms with van der Waals surface area (Å²) in [6.07, 6.45) is 3.47. The summed E-state index contributed by atoms with van der Waals surface area (Å²) in [5.41, 5.74) is 2.67. The topological polar surface area (TPSA) is 62.2 Å². The first kappa shape index (κ1) is 21.4. The number of hydrogen-bond acceptors (Lipinski definition) is 4. The van der Waals surface area contributed by atoms with E-state index >= 15 is 0 Å². The van der Waals surface area contributed by atoms with Gasteiger partial charge in [0.1, 0.15) is 12.3 Å². The number of hydrogen-bond donors (Lipinski definition) is 0. The van der Waals surface area contributed by atoms with Gasteiger partial charge in [-0.2, -0.15) is 5.10 Å². The van der Waals surface area contributed by atoms with E-state index in [4.69, 9.17) is 16.3 Å². The van der Waals surface area contributed by atoms with Gasteiger partial charge in [-0.25, -0.2) is 5.01 Å². The number of carbonyl (C=O) groups is 2. The van der Waals surface area contributed by atoms with E-state index in [0.717, 1.165) is 41.9 Å². The molecule has 2 aliphatic rings. The van der Waals surface area contributed by atoms with Crippen molar-refractivity contribution in [1.82, 2.24) is 9.91 Å². The number of likely N-dealkylation sites (N-methyl/N-ethyl adjacent to an activating group) is 1. The van der Waals surface area contributed by atoms with Crippen LogP contribution >= 0.6 is 11.6 Å². The molecule has 0 unspecified atom stereocenters. The highest BCUT2D eigenvalue weighted by Crippen LogP contribution is 2.34. The minimum Gasteiger partial charge on any atom is -0.497 e. The number of carbonyl (C=O) groups excluding carboxylic acids is 2. The summed E-state index contributed by atoms with van der Waals surface area (Å²) in [6, 6.07) is 14.9. The Balaban J connectivity index is 1.59. The van der Waals surface area contributed by atoms with Gasteiger partial charge in [-0.05, 0) is 42.7 Å². The average molecular weight is 440 g/mol. The fourth-order valence-corrected chi connectivity index (χ4v) is 4.11. The number of amides is 2. The standard InChI is InChI=1S/C24H26ClN3O3/c1-27(24(30)17-5-3-6-17)15-23(29)28-22(16-9-11-19(25)12-10-16)14-21(26-28)18-7-4-8-20(13-18)31-2/h4,7-13,17,22H,3,5-6,14-15H2,1-2H3/t22-/m1/s1. The first-order chi connectivity index (χ1) is 15.0. The van der Waals surface area contributed by atoms with Gasteiger partial charge in [0.05, 0.1) is 18.9 Å². The molecule has 1 aliphatic carbocycles. The number of rotatable bonds is 6. The molecule has 1 fully saturated rings. The summed E-state index contributed by atoms with van der Waals surface area (Å²) in [5.74, 6) is 0.630. The lowest BCUT2D eigenvalue weighted by Gasteiger charge is -2.30. The zero-order valence-corrected chi connectivity index (χ0v) is 18.5. The van der Waals surface area contributed by atoms with Gasteiger partial charge in [0.15, 0.2) is 0 Å². The maximum absolute atomic E-state index is 13.2. The van der Waals surface area contributed by atoms with E-state index in [2.05, 4.69) is 5.10 Å². The maximum atomic E-state index is 13.2. The van der Waals surface area contributed by atoms with Crippen LogP contribution in [0.4, 0.5) is 0 Å². The van der Waals surface area contributed by atoms with Crippen LogP contribution in [0.25, 0.3) is 0 Å². The molecule has 0 spiro atoms. The third kappa shape index (κ3) is 4.59. The average Bonchev–Trinajstić information content (AvgIpc) is 3.18. The van der Waals surface area contributed by atoms with Crippen molar-refractivity contribution < 1.29 is 14.3 Å². The number of hydrazone groups is 1. The van der Waals surface area contributed by atoms with Gasteiger partial charge < -0.3 is 9.64 Å². The summed E-state index contributed by atoms with van der Waals surface area (Å²) >= 11 is 6.06. The second-order valence-corrected chi connectivity index (χ2v) is 8.55. The molecule has 6 nitrogen and oxygen atoms in total. The van der Waals surface area contributed by atoms with Crippen molar-refractivity contribution in [2.45, 2.75) is 31.7 Å². The Morgan fingerprint density at radius 1 is 1.19 bits per heavy atom. The Kier molecular flexibility index (Phi) is 6.28. The number of ether oxygens (including phenoxy) is 1. The smallest absolute Gasteiger partial charge is 0.262 e. The van der Waals surface area contributed by atoms with Crippen molar-refractivity contribution in [3.63, 3.8) is 0 Å². The summed E-state index contributed by atoms with van der Waals surface area (Å²) in [4.78, 5) is 27.3. The fourth-order valence-electron chi connectivity index (χ4n) is 3.98. The van der Waals surface area contributed by atoms with Crippen LogP contribution in [0.2, 0.25) is 5.02 Å². The van der Waals surface area contributed by atoms with Crippen LogP contribution in [-0.4, -0.2) is 48.1 Å². The molecular weight excluding hydrogens is 414 g/mol. The van der Waals surface area contributed by atoms with E-state index in [1.54, 1.807) is 14.2 Å². The molecule has 1 atom stereocenters. The van der Waals surface area contributed by atoms with Gasteiger partial charge in [0, 0.05) is 30.0 Å². The van der Waals surface area contributed by atoms with Gasteiger partial charge in [0.2, 0.25) is 5.91 Å². The Labute approximate surface area is 187 Å². The van der Waals surface area contributed by atoms with E-state index in [0.29, 0.717) is 11.4 Å². The van der Waals surface area contributed by atoms with E-state index < -0.39 is 0 Å². The maximum Gasteiger partial charge on any atom is 0.262 e. The number of methoxy groups -OCH3 is 1. The van der Waals surface area contributed by atoms with Crippen molar-refractivity contribution in [3.8, 4) is 5.75 Å². The van der Waals surface area contributed by atoms with Crippen molar-refractivity contribution in [1.29, 1.82) is 0 Å². The van der Waals surface area contributed by atoms with Crippen LogP contribution in [0, 0.1) is 5.92 Å². The van der Waals surface area contributed by atoms with Crippen LogP contribution in [0.15, 0.2) is 53.6 Å². The van der Waals surface area contributed by atoms with Crippen LogP contribution in [0.3, 0.4) is 0 Å². The van der Waals surface area contributed by atoms with E-state index in [-0.39, 0.29) is 30.3 Å². The molecule has 1 saturated carbocycles. The second kappa shape index (κ2) is 9.10. The molecule has 0 N–H and O–H groups in total. The summed E-state index contributed by atoms with van der Waals surface area (Å²) in [6.45, 7) is 0.00825. The molecule has 162 valence electrons. The zero-order chi connectivity index (χ0) is 22.0. The fraction of sp³-hybridized carbons (Fsp3) is 0.375. The summed E-state index contributed by atoms with van der Waals surface area (Å²) < 4.78 is 5.34. The highest BCUT2D eigenvalue weighted by Gasteiger charge is 2.35. The number of benzene rings is 2. The van der Waals surface area contributed by atoms with Crippen LogP contribution in [0.1, 0.15) is 42.9 Å². The van der Waals surface area contributed by atoms with Gasteiger partial charge in [-0.1, -0.05) is 42.3 Å². The van der Waals surface area contributed by atoms with Crippen LogP contribution in [-0.2, 0) is 9.59 Å². The molecule has 7 heteroatoms. The molecule has 0 aromatic heterocycles. The predicted molar refractivity (Wildman–Crippen MR) is 120 cm³/mol. The Morgan fingerprint density at radius 2 is 1.94 bits per heavy atom. The van der Waals surface area contributed by atoms with Crippen molar-refractivity contribution in [3.05, 3.63) is 64.7 Å². The van der Waals surface area contributed by atoms with E-state index in [9.17, 15) is 9.59 Å². The van der Waals surface area contributed by atoms with Gasteiger partial charge >= 0.3 is 0 Å². The molecule has 31 heavy (non-hydrogen) atoms. The SMILES string of the molecule is COc1cccc(C2=NN(C(=O)CN(C)C(=O)C3CCC3)[C@@H](c3ccc(Cl)cc3)C2)c1. The second-order valence-electron chi connectivity index (χ2n) is 8.11. The van der Waals surface area contributed by atoms with E-state index in [1.165, 1.54) is 9.91 Å². The molecule has 2 aromatic carbocycles. The lowest BCUT2D eigenvalue weighted by Crippen LogP contribution is -2.42. The molecule has 1 heterocycles. The molecule has 0 saturated heterocycles. The molecule has 2 aromatic rings. The molecule has 2 amide bonds. The molecule has 0 radical (unpaired) electrons. The Hall–Kier alpha value is -2.86. The van der Waals surface area contributed by atoms with Crippen LogP contribution in [0.5, 0.6) is 5.75 Å². The molecule has 1 aliphatic heterocycles. The van der Waals surface area contributed by atoms with Crippen molar-refractivity contribution in [2.24, 2.45) is 11.0 Å². The first-order valence-electron chi connectivity index (χ1n) is 10.5. The van der Waals surface area contributed by atoms with Crippen LogP contribution < -0.4 is 4.74 Å². The highest BCUT2D eigenvalue weighted by atomic mass is 35.5. The third-order valence-electron chi connectivity index (χ3n) is 6.03. The summed E-state index contributed by atoms with van der Waals surface area (Å²) in [7, 11) is 3.31. The van der Waals surface area contributed by atoms with E-state index in [1.807, 2.05) is 48.5 Å². The lowest BCUT2D eigenvalue weighted by molar-refractivity contribution is -0.144. The minimum absolute atomic E-state index is 0.00825. The highest BCUT2D eigenvalue weighted by molar-refractivity contribution is 6.30. The van der Waals surface area contributed by atoms with Gasteiger partial charge in [0.25, 0.3) is 5.91 Å². The Morgan fingerprint density at radius 3 is 2.58 bits per heavy atom. The predicted octanol–water partition coefficient (Wildman–Crippen LogP) is 4.28. The van der Waals surface area contributed by atoms with Gasteiger partial charge in [-0.3, -0.25) is 9.59 Å². The number of nitrogens with zero attached hydrogens (tertiary/aromatic N) is 3. The largest absolute Gasteiger partial charge is 0.497 e. The van der Waals surface area contributed by atoms with Crippen molar-refractivity contribution >= 4 is 29.1 Å². The molecular formula is C24H26ClN3O3. The third-order valence-corrected chi connectivity index (χ3v) is 6.28. The summed E-state index contributed by atoms with van der Waals surface area (Å²) in [5, 5.41) is 6.83. The van der Waals surface area contributed by atoms with Gasteiger partial charge in [-0.15, -0.1) is 0 Å². The quantitative estimate of drug-likeness (QED) is 0.674. The van der Waals surface area contributed by atoms with Crippen molar-refractivity contribution in [2.75, 3.05) is 20.7 Å². The molecule has 4 rings (SSSR count). The normalized spacial score (nSPS) is 18.4. The minimum atomic E-state index is -0.252. The Bertz CT molecular complexity index is 1000.